The van der Waals surface area contributed by atoms with Crippen molar-refractivity contribution in [3.8, 4) is 5.69 Å². The molecule has 33 heavy (non-hydrogen) atoms. The zero-order chi connectivity index (χ0) is 23.5. The van der Waals surface area contributed by atoms with Gasteiger partial charge in [-0.05, 0) is 81.7 Å². The van der Waals surface area contributed by atoms with E-state index in [4.69, 9.17) is 4.74 Å². The Morgan fingerprint density at radius 3 is 2.21 bits per heavy atom. The number of hydrogen-bond donors (Lipinski definition) is 1. The van der Waals surface area contributed by atoms with Crippen LogP contribution in [0.4, 0.5) is 4.79 Å². The van der Waals surface area contributed by atoms with E-state index in [0.29, 0.717) is 16.8 Å². The Bertz CT molecular complexity index is 1160. The van der Waals surface area contributed by atoms with E-state index < -0.39 is 17.5 Å². The van der Waals surface area contributed by atoms with Gasteiger partial charge >= 0.3 is 12.0 Å². The highest BCUT2D eigenvalue weighted by atomic mass is 16.5. The van der Waals surface area contributed by atoms with E-state index in [2.05, 4.69) is 5.32 Å². The van der Waals surface area contributed by atoms with Crippen molar-refractivity contribution in [2.24, 2.45) is 11.8 Å². The molecule has 0 bridgehead atoms. The van der Waals surface area contributed by atoms with Crippen LogP contribution in [-0.4, -0.2) is 52.4 Å². The number of amides is 3. The Labute approximate surface area is 191 Å². The summed E-state index contributed by atoms with van der Waals surface area (Å²) in [7, 11) is 1.33. The average molecular weight is 450 g/mol. The standard InChI is InChI=1S/C25H27N3O5/c1-14-12-20(15(2)28(14)19-10-4-16(5-11-19)22(30)33-3)21(29)13-27-23(31)25(17-6-7-17,18-8-9-18)26-24(27)32/h4-5,10-12,17-18H,6-9,13H2,1-3H3,(H,26,32). The lowest BCUT2D eigenvalue weighted by atomic mass is 9.87. The van der Waals surface area contributed by atoms with Gasteiger partial charge in [-0.1, -0.05) is 0 Å². The summed E-state index contributed by atoms with van der Waals surface area (Å²) in [5, 5.41) is 2.97. The number of hydrogen-bond acceptors (Lipinski definition) is 5. The predicted molar refractivity (Wildman–Crippen MR) is 119 cm³/mol. The van der Waals surface area contributed by atoms with Gasteiger partial charge in [0.05, 0.1) is 19.2 Å². The Balaban J connectivity index is 1.38. The van der Waals surface area contributed by atoms with Crippen molar-refractivity contribution in [2.75, 3.05) is 13.7 Å². The van der Waals surface area contributed by atoms with E-state index in [1.54, 1.807) is 30.3 Å². The van der Waals surface area contributed by atoms with E-state index in [1.807, 2.05) is 18.4 Å². The molecule has 3 aliphatic rings. The van der Waals surface area contributed by atoms with Crippen LogP contribution in [-0.2, 0) is 9.53 Å². The Morgan fingerprint density at radius 2 is 1.67 bits per heavy atom. The number of nitrogens with one attached hydrogen (secondary N) is 1. The summed E-state index contributed by atoms with van der Waals surface area (Å²) in [6.07, 6.45) is 3.78. The fraction of sp³-hybridized carbons (Fsp3) is 0.440. The summed E-state index contributed by atoms with van der Waals surface area (Å²) >= 11 is 0. The third kappa shape index (κ3) is 3.35. The normalized spacial score (nSPS) is 19.5. The number of ketones is 1. The second-order valence-electron chi connectivity index (χ2n) is 9.32. The van der Waals surface area contributed by atoms with Gasteiger partial charge in [0.2, 0.25) is 0 Å². The summed E-state index contributed by atoms with van der Waals surface area (Å²) in [6, 6.07) is 8.24. The van der Waals surface area contributed by atoms with Crippen LogP contribution in [0.2, 0.25) is 0 Å². The van der Waals surface area contributed by atoms with E-state index in [0.717, 1.165) is 42.0 Å². The minimum atomic E-state index is -0.796. The molecule has 172 valence electrons. The highest BCUT2D eigenvalue weighted by Crippen LogP contribution is 2.54. The largest absolute Gasteiger partial charge is 0.465 e. The number of urea groups is 1. The molecule has 2 heterocycles. The van der Waals surface area contributed by atoms with Crippen LogP contribution in [0.25, 0.3) is 5.69 Å². The average Bonchev–Trinajstić information content (AvgIpc) is 3.72. The fourth-order valence-electron chi connectivity index (χ4n) is 5.26. The molecule has 2 aromatic rings. The van der Waals surface area contributed by atoms with E-state index >= 15 is 0 Å². The number of Topliss-reactive ketones (excluding diaryl/α,β-unsaturated/α-hetero) is 1. The lowest BCUT2D eigenvalue weighted by molar-refractivity contribution is -0.132. The highest BCUT2D eigenvalue weighted by molar-refractivity contribution is 6.12. The Morgan fingerprint density at radius 1 is 1.06 bits per heavy atom. The smallest absolute Gasteiger partial charge is 0.337 e. The minimum absolute atomic E-state index is 0.194. The zero-order valence-corrected chi connectivity index (χ0v) is 19.0. The first-order valence-electron chi connectivity index (χ1n) is 11.3. The van der Waals surface area contributed by atoms with Crippen molar-refractivity contribution in [3.05, 3.63) is 52.8 Å². The predicted octanol–water partition coefficient (Wildman–Crippen LogP) is 3.17. The number of nitrogens with zero attached hydrogens (tertiary/aromatic N) is 2. The SMILES string of the molecule is COC(=O)c1ccc(-n2c(C)cc(C(=O)CN3C(=O)NC(C4CC4)(C4CC4)C3=O)c2C)cc1. The van der Waals surface area contributed by atoms with Crippen LogP contribution in [0.1, 0.15) is 57.8 Å². The molecule has 1 aromatic heterocycles. The van der Waals surface area contributed by atoms with Crippen molar-refractivity contribution in [3.63, 3.8) is 0 Å². The summed E-state index contributed by atoms with van der Waals surface area (Å²) in [4.78, 5) is 52.1. The van der Waals surface area contributed by atoms with Gasteiger partial charge < -0.3 is 14.6 Å². The molecule has 2 saturated carbocycles. The molecule has 3 amide bonds. The maximum Gasteiger partial charge on any atom is 0.337 e. The maximum atomic E-state index is 13.3. The van der Waals surface area contributed by atoms with Crippen molar-refractivity contribution in [2.45, 2.75) is 45.1 Å². The molecular formula is C25H27N3O5. The van der Waals surface area contributed by atoms with E-state index in [9.17, 15) is 19.2 Å². The number of rotatable bonds is 7. The van der Waals surface area contributed by atoms with Crippen molar-refractivity contribution in [1.82, 2.24) is 14.8 Å². The number of ether oxygens (including phenoxy) is 1. The number of esters is 1. The third-order valence-electron chi connectivity index (χ3n) is 7.18. The van der Waals surface area contributed by atoms with Gasteiger partial charge in [-0.25, -0.2) is 9.59 Å². The second-order valence-corrected chi connectivity index (χ2v) is 9.32. The number of aromatic nitrogens is 1. The van der Waals surface area contributed by atoms with Gasteiger partial charge in [0.15, 0.2) is 5.78 Å². The molecule has 1 aliphatic heterocycles. The zero-order valence-electron chi connectivity index (χ0n) is 19.0. The number of aryl methyl sites for hydroxylation is 1. The van der Waals surface area contributed by atoms with Crippen LogP contribution in [0.3, 0.4) is 0 Å². The van der Waals surface area contributed by atoms with Crippen LogP contribution >= 0.6 is 0 Å². The van der Waals surface area contributed by atoms with E-state index in [-0.39, 0.29) is 30.1 Å². The molecule has 0 radical (unpaired) electrons. The molecule has 3 fully saturated rings. The fourth-order valence-corrected chi connectivity index (χ4v) is 5.26. The molecule has 2 aliphatic carbocycles. The quantitative estimate of drug-likeness (QED) is 0.398. The van der Waals surface area contributed by atoms with Gasteiger partial charge in [-0.15, -0.1) is 0 Å². The first-order chi connectivity index (χ1) is 15.8. The molecule has 0 spiro atoms. The van der Waals surface area contributed by atoms with Crippen LogP contribution < -0.4 is 5.32 Å². The molecule has 1 saturated heterocycles. The maximum absolute atomic E-state index is 13.3. The number of methoxy groups -OCH3 is 1. The van der Waals surface area contributed by atoms with E-state index in [1.165, 1.54) is 7.11 Å². The monoisotopic (exact) mass is 449 g/mol. The first kappa shape index (κ1) is 21.4. The molecule has 8 heteroatoms. The second kappa shape index (κ2) is 7.57. The molecule has 1 N–H and O–H groups in total. The van der Waals surface area contributed by atoms with Crippen molar-refractivity contribution < 1.29 is 23.9 Å². The van der Waals surface area contributed by atoms with Gasteiger partial charge in [-0.2, -0.15) is 0 Å². The topological polar surface area (TPSA) is 97.7 Å². The summed E-state index contributed by atoms with van der Waals surface area (Å²) in [6.45, 7) is 3.45. The van der Waals surface area contributed by atoms with Gasteiger partial charge in [0.25, 0.3) is 5.91 Å². The number of carbonyl (C=O) groups excluding carboxylic acids is 4. The Kier molecular flexibility index (Phi) is 4.92. The molecule has 0 unspecified atom stereocenters. The highest BCUT2D eigenvalue weighted by Gasteiger charge is 2.65. The molecule has 5 rings (SSSR count). The Hall–Kier alpha value is -3.42. The van der Waals surface area contributed by atoms with Crippen LogP contribution in [0.15, 0.2) is 30.3 Å². The molecule has 1 aromatic carbocycles. The minimum Gasteiger partial charge on any atom is -0.465 e. The van der Waals surface area contributed by atoms with Gasteiger partial charge in [-0.3, -0.25) is 14.5 Å². The lowest BCUT2D eigenvalue weighted by Gasteiger charge is -2.26. The van der Waals surface area contributed by atoms with Gasteiger partial charge in [0, 0.05) is 22.6 Å². The van der Waals surface area contributed by atoms with Crippen molar-refractivity contribution >= 4 is 23.7 Å². The van der Waals surface area contributed by atoms with Crippen LogP contribution in [0, 0.1) is 25.7 Å². The summed E-state index contributed by atoms with van der Waals surface area (Å²) in [5.41, 5.74) is 2.47. The number of imide groups is 1. The third-order valence-corrected chi connectivity index (χ3v) is 7.18. The number of carbonyl (C=O) groups is 4. The van der Waals surface area contributed by atoms with Crippen LogP contribution in [0.5, 0.6) is 0 Å². The molecule has 0 atom stereocenters. The van der Waals surface area contributed by atoms with Gasteiger partial charge in [0.1, 0.15) is 5.54 Å². The molecule has 8 nitrogen and oxygen atoms in total. The van der Waals surface area contributed by atoms with Crippen molar-refractivity contribution in [1.29, 1.82) is 0 Å². The number of benzene rings is 1. The first-order valence-corrected chi connectivity index (χ1v) is 11.3. The lowest BCUT2D eigenvalue weighted by Crippen LogP contribution is -2.51. The summed E-state index contributed by atoms with van der Waals surface area (Å²) in [5.74, 6) is -0.538. The summed E-state index contributed by atoms with van der Waals surface area (Å²) < 4.78 is 6.66. The molecular weight excluding hydrogens is 422 g/mol.